The highest BCUT2D eigenvalue weighted by Crippen LogP contribution is 2.10. The van der Waals surface area contributed by atoms with E-state index in [9.17, 15) is 4.79 Å². The second-order valence-electron chi connectivity index (χ2n) is 7.33. The quantitative estimate of drug-likeness (QED) is 0.719. The van der Waals surface area contributed by atoms with E-state index in [1.165, 1.54) is 5.56 Å². The summed E-state index contributed by atoms with van der Waals surface area (Å²) in [5, 5.41) is 6.37. The number of rotatable bonds is 8. The fraction of sp³-hybridized carbons (Fsp3) is 0.632. The molecule has 1 aromatic carbocycles. The number of carbonyl (C=O) groups is 1. The minimum Gasteiger partial charge on any atom is -0.444 e. The molecule has 130 valence electrons. The van der Waals surface area contributed by atoms with Crippen LogP contribution in [0, 0.1) is 11.8 Å². The van der Waals surface area contributed by atoms with Gasteiger partial charge in [0, 0.05) is 6.54 Å². The van der Waals surface area contributed by atoms with Crippen molar-refractivity contribution in [2.24, 2.45) is 11.8 Å². The van der Waals surface area contributed by atoms with Gasteiger partial charge in [-0.3, -0.25) is 0 Å². The van der Waals surface area contributed by atoms with Gasteiger partial charge in [0.05, 0.1) is 0 Å². The van der Waals surface area contributed by atoms with Crippen LogP contribution < -0.4 is 10.6 Å². The molecule has 0 saturated heterocycles. The van der Waals surface area contributed by atoms with Gasteiger partial charge in [-0.05, 0) is 57.7 Å². The summed E-state index contributed by atoms with van der Waals surface area (Å²) < 4.78 is 5.28. The van der Waals surface area contributed by atoms with Crippen LogP contribution in [-0.4, -0.2) is 31.3 Å². The molecule has 4 nitrogen and oxygen atoms in total. The van der Waals surface area contributed by atoms with E-state index >= 15 is 0 Å². The van der Waals surface area contributed by atoms with Gasteiger partial charge < -0.3 is 15.4 Å². The zero-order chi connectivity index (χ0) is 17.3. The van der Waals surface area contributed by atoms with Crippen LogP contribution in [0.5, 0.6) is 0 Å². The summed E-state index contributed by atoms with van der Waals surface area (Å²) in [7, 11) is 0. The van der Waals surface area contributed by atoms with Crippen molar-refractivity contribution in [2.45, 2.75) is 46.6 Å². The second-order valence-corrected chi connectivity index (χ2v) is 7.33. The average molecular weight is 320 g/mol. The van der Waals surface area contributed by atoms with E-state index < -0.39 is 5.60 Å². The maximum absolute atomic E-state index is 11.7. The molecule has 0 saturated carbocycles. The normalized spacial score (nSPS) is 13.0. The van der Waals surface area contributed by atoms with Crippen molar-refractivity contribution in [2.75, 3.05) is 19.6 Å². The molecule has 0 aromatic heterocycles. The predicted octanol–water partition coefficient (Wildman–Crippen LogP) is 3.62. The van der Waals surface area contributed by atoms with Gasteiger partial charge in [0.1, 0.15) is 5.60 Å². The third kappa shape index (κ3) is 9.24. The SMILES string of the molecule is CC(C)C(CNCCc1ccccc1)CNC(=O)OC(C)(C)C. The summed E-state index contributed by atoms with van der Waals surface area (Å²) in [5.74, 6) is 0.882. The minimum absolute atomic E-state index is 0.340. The third-order valence-corrected chi connectivity index (χ3v) is 3.69. The summed E-state index contributed by atoms with van der Waals surface area (Å²) in [6.07, 6.45) is 0.679. The van der Waals surface area contributed by atoms with Gasteiger partial charge in [-0.2, -0.15) is 0 Å². The number of ether oxygens (including phenoxy) is 1. The minimum atomic E-state index is -0.453. The van der Waals surface area contributed by atoms with Gasteiger partial charge in [0.15, 0.2) is 0 Å². The molecular weight excluding hydrogens is 288 g/mol. The Kier molecular flexibility index (Phi) is 8.10. The van der Waals surface area contributed by atoms with Gasteiger partial charge in [-0.15, -0.1) is 0 Å². The van der Waals surface area contributed by atoms with E-state index in [0.29, 0.717) is 18.4 Å². The molecule has 0 aliphatic carbocycles. The predicted molar refractivity (Wildman–Crippen MR) is 95.6 cm³/mol. The first-order chi connectivity index (χ1) is 10.8. The number of hydrogen-bond acceptors (Lipinski definition) is 3. The van der Waals surface area contributed by atoms with Gasteiger partial charge in [-0.1, -0.05) is 44.2 Å². The van der Waals surface area contributed by atoms with Crippen LogP contribution in [0.25, 0.3) is 0 Å². The molecule has 0 spiro atoms. The molecule has 4 heteroatoms. The lowest BCUT2D eigenvalue weighted by Gasteiger charge is -2.24. The first kappa shape index (κ1) is 19.5. The van der Waals surface area contributed by atoms with Gasteiger partial charge >= 0.3 is 6.09 Å². The van der Waals surface area contributed by atoms with E-state index in [4.69, 9.17) is 4.74 Å². The first-order valence-electron chi connectivity index (χ1n) is 8.49. The number of amides is 1. The Balaban J connectivity index is 2.28. The monoisotopic (exact) mass is 320 g/mol. The highest BCUT2D eigenvalue weighted by Gasteiger charge is 2.18. The molecule has 0 aliphatic heterocycles. The highest BCUT2D eigenvalue weighted by atomic mass is 16.6. The number of hydrogen-bond donors (Lipinski definition) is 2. The maximum atomic E-state index is 11.7. The lowest BCUT2D eigenvalue weighted by atomic mass is 9.95. The van der Waals surface area contributed by atoms with Crippen LogP contribution in [-0.2, 0) is 11.2 Å². The highest BCUT2D eigenvalue weighted by molar-refractivity contribution is 5.67. The summed E-state index contributed by atoms with van der Waals surface area (Å²) in [6, 6.07) is 10.5. The smallest absolute Gasteiger partial charge is 0.407 e. The largest absolute Gasteiger partial charge is 0.444 e. The molecule has 1 rings (SSSR count). The second kappa shape index (κ2) is 9.56. The lowest BCUT2D eigenvalue weighted by Crippen LogP contribution is -2.39. The molecule has 0 heterocycles. The van der Waals surface area contributed by atoms with Gasteiger partial charge in [-0.25, -0.2) is 4.79 Å². The first-order valence-corrected chi connectivity index (χ1v) is 8.49. The molecular formula is C19H32N2O2. The van der Waals surface area contributed by atoms with E-state index in [1.54, 1.807) is 0 Å². The van der Waals surface area contributed by atoms with Crippen LogP contribution in [0.2, 0.25) is 0 Å². The van der Waals surface area contributed by atoms with Crippen LogP contribution in [0.3, 0.4) is 0 Å². The van der Waals surface area contributed by atoms with Crippen LogP contribution >= 0.6 is 0 Å². The topological polar surface area (TPSA) is 50.4 Å². The van der Waals surface area contributed by atoms with E-state index in [0.717, 1.165) is 19.5 Å². The number of alkyl carbamates (subject to hydrolysis) is 1. The molecule has 1 aromatic rings. The van der Waals surface area contributed by atoms with Crippen molar-refractivity contribution in [1.82, 2.24) is 10.6 Å². The van der Waals surface area contributed by atoms with Crippen molar-refractivity contribution < 1.29 is 9.53 Å². The van der Waals surface area contributed by atoms with Gasteiger partial charge in [0.2, 0.25) is 0 Å². The van der Waals surface area contributed by atoms with Crippen LogP contribution in [0.1, 0.15) is 40.2 Å². The summed E-state index contributed by atoms with van der Waals surface area (Å²) in [4.78, 5) is 11.7. The molecule has 1 unspecified atom stereocenters. The molecule has 23 heavy (non-hydrogen) atoms. The number of carbonyl (C=O) groups excluding carboxylic acids is 1. The van der Waals surface area contributed by atoms with Crippen molar-refractivity contribution in [1.29, 1.82) is 0 Å². The van der Waals surface area contributed by atoms with Crippen molar-refractivity contribution in [3.8, 4) is 0 Å². The Bertz CT molecular complexity index is 452. The Morgan fingerprint density at radius 1 is 1.13 bits per heavy atom. The summed E-state index contributed by atoms with van der Waals surface area (Å²) in [5.41, 5.74) is 0.888. The lowest BCUT2D eigenvalue weighted by molar-refractivity contribution is 0.0515. The van der Waals surface area contributed by atoms with Gasteiger partial charge in [0.25, 0.3) is 0 Å². The van der Waals surface area contributed by atoms with Crippen LogP contribution in [0.4, 0.5) is 4.79 Å². The fourth-order valence-electron chi connectivity index (χ4n) is 2.24. The summed E-state index contributed by atoms with van der Waals surface area (Å²) >= 11 is 0. The molecule has 0 bridgehead atoms. The van der Waals surface area contributed by atoms with Crippen molar-refractivity contribution in [3.63, 3.8) is 0 Å². The van der Waals surface area contributed by atoms with E-state index in [-0.39, 0.29) is 6.09 Å². The van der Waals surface area contributed by atoms with E-state index in [1.807, 2.05) is 26.8 Å². The third-order valence-electron chi connectivity index (χ3n) is 3.69. The average Bonchev–Trinajstić information content (AvgIpc) is 2.45. The van der Waals surface area contributed by atoms with Crippen molar-refractivity contribution in [3.05, 3.63) is 35.9 Å². The number of benzene rings is 1. The van der Waals surface area contributed by atoms with E-state index in [2.05, 4.69) is 48.7 Å². The Labute approximate surface area is 141 Å². The maximum Gasteiger partial charge on any atom is 0.407 e. The summed E-state index contributed by atoms with van der Waals surface area (Å²) in [6.45, 7) is 12.4. The van der Waals surface area contributed by atoms with Crippen LogP contribution in [0.15, 0.2) is 30.3 Å². The zero-order valence-corrected chi connectivity index (χ0v) is 15.2. The Morgan fingerprint density at radius 3 is 2.35 bits per heavy atom. The molecule has 0 radical (unpaired) electrons. The molecule has 1 atom stereocenters. The van der Waals surface area contributed by atoms with Crippen molar-refractivity contribution >= 4 is 6.09 Å². The zero-order valence-electron chi connectivity index (χ0n) is 15.2. The Hall–Kier alpha value is -1.55. The molecule has 0 fully saturated rings. The standard InChI is InChI=1S/C19H32N2O2/c1-15(2)17(14-21-18(22)23-19(3,4)5)13-20-12-11-16-9-7-6-8-10-16/h6-10,15,17,20H,11-14H2,1-5H3,(H,21,22). The molecule has 0 aliphatic rings. The molecule has 2 N–H and O–H groups in total. The molecule has 1 amide bonds. The Morgan fingerprint density at radius 2 is 1.78 bits per heavy atom. The fourth-order valence-corrected chi connectivity index (χ4v) is 2.24. The number of nitrogens with one attached hydrogen (secondary N) is 2.